The average molecular weight is 780 g/mol. The zero-order valence-corrected chi connectivity index (χ0v) is 31.0. The number of carbonyl (C=O) groups is 4. The van der Waals surface area contributed by atoms with Crippen molar-refractivity contribution < 1.29 is 41.5 Å². The second-order valence-corrected chi connectivity index (χ2v) is 13.8. The van der Waals surface area contributed by atoms with Crippen LogP contribution in [0, 0.1) is 11.7 Å². The molecule has 2 aromatic heterocycles. The molecule has 6 rings (SSSR count). The Hall–Kier alpha value is -6.20. The number of aromatic nitrogens is 3. The molecule has 2 aliphatic heterocycles. The van der Waals surface area contributed by atoms with Gasteiger partial charge in [0.1, 0.15) is 24.0 Å². The van der Waals surface area contributed by atoms with Crippen LogP contribution >= 0.6 is 0 Å². The summed E-state index contributed by atoms with van der Waals surface area (Å²) < 4.78 is 63.2. The number of halogens is 4. The van der Waals surface area contributed by atoms with Crippen molar-refractivity contribution in [3.8, 4) is 22.4 Å². The first-order valence-corrected chi connectivity index (χ1v) is 17.8. The van der Waals surface area contributed by atoms with E-state index in [0.717, 1.165) is 6.07 Å². The third kappa shape index (κ3) is 8.53. The molecule has 2 aliphatic rings. The number of ether oxygens (including phenoxy) is 1. The van der Waals surface area contributed by atoms with Gasteiger partial charge in [-0.3, -0.25) is 9.59 Å². The minimum absolute atomic E-state index is 0.0118. The molecule has 5 amide bonds. The van der Waals surface area contributed by atoms with Gasteiger partial charge in [0.2, 0.25) is 5.91 Å². The molecule has 296 valence electrons. The number of hydrogen-bond acceptors (Lipinski definition) is 8. The van der Waals surface area contributed by atoms with Crippen LogP contribution in [-0.4, -0.2) is 102 Å². The third-order valence-electron chi connectivity index (χ3n) is 9.92. The number of alkyl halides is 3. The van der Waals surface area contributed by atoms with Gasteiger partial charge in [-0.2, -0.15) is 13.2 Å². The topological polar surface area (TPSA) is 165 Å². The number of urea groups is 1. The molecule has 0 radical (unpaired) electrons. The highest BCUT2D eigenvalue weighted by molar-refractivity contribution is 6.04. The van der Waals surface area contributed by atoms with E-state index in [1.54, 1.807) is 41.2 Å². The van der Waals surface area contributed by atoms with E-state index < -0.39 is 40.8 Å². The van der Waals surface area contributed by atoms with Crippen LogP contribution in [0.1, 0.15) is 48.1 Å². The number of alkyl carbamates (subject to hydrolysis) is 1. The van der Waals surface area contributed by atoms with Crippen molar-refractivity contribution in [2.24, 2.45) is 5.92 Å². The van der Waals surface area contributed by atoms with Crippen LogP contribution in [0.3, 0.4) is 0 Å². The Morgan fingerprint density at radius 1 is 0.946 bits per heavy atom. The third-order valence-corrected chi connectivity index (χ3v) is 9.92. The molecule has 3 unspecified atom stereocenters. The van der Waals surface area contributed by atoms with Gasteiger partial charge >= 0.3 is 18.3 Å². The maximum atomic E-state index is 15.4. The van der Waals surface area contributed by atoms with Gasteiger partial charge in [0.25, 0.3) is 5.91 Å². The van der Waals surface area contributed by atoms with E-state index in [1.165, 1.54) is 31.5 Å². The lowest BCUT2D eigenvalue weighted by atomic mass is 9.96. The summed E-state index contributed by atoms with van der Waals surface area (Å²) in [6.07, 6.45) is -2.18. The summed E-state index contributed by atoms with van der Waals surface area (Å²) >= 11 is 0. The molecule has 14 nitrogen and oxygen atoms in total. The standard InChI is InChI=1S/C38H41F4N9O5/c1-21-13-31(51(19-21)33(52)18-46-37(55)56-4)34-45-17-30(47-34)24-7-5-23(6-8-24)26-14-28(39)29(15-27(26)38(40,41)42)48-35(53)25-9-10-32(44-16-25)49-11-12-50(22(2)20-49)36(54)43-3/h5-10,14-17,21-22,31H,11-13,18-20H2,1-4H3,(H,43,54)(H,45,47)(H,46,55)(H,48,53). The second-order valence-electron chi connectivity index (χ2n) is 13.8. The molecule has 3 atom stereocenters. The monoisotopic (exact) mass is 779 g/mol. The predicted octanol–water partition coefficient (Wildman–Crippen LogP) is 5.66. The largest absolute Gasteiger partial charge is 0.453 e. The number of benzene rings is 2. The number of carbonyl (C=O) groups excluding carboxylic acids is 4. The van der Waals surface area contributed by atoms with Gasteiger partial charge in [-0.1, -0.05) is 31.2 Å². The van der Waals surface area contributed by atoms with Crippen LogP contribution in [0.5, 0.6) is 0 Å². The zero-order valence-electron chi connectivity index (χ0n) is 31.0. The first-order valence-electron chi connectivity index (χ1n) is 17.8. The van der Waals surface area contributed by atoms with Crippen molar-refractivity contribution >= 4 is 35.4 Å². The minimum Gasteiger partial charge on any atom is -0.453 e. The number of nitrogens with zero attached hydrogens (tertiary/aromatic N) is 5. The molecule has 56 heavy (non-hydrogen) atoms. The Morgan fingerprint density at radius 3 is 2.32 bits per heavy atom. The summed E-state index contributed by atoms with van der Waals surface area (Å²) in [4.78, 5) is 66.7. The molecule has 2 saturated heterocycles. The smallest absolute Gasteiger partial charge is 0.417 e. The molecule has 2 aromatic carbocycles. The Bertz CT molecular complexity index is 2090. The lowest BCUT2D eigenvalue weighted by Gasteiger charge is -2.40. The van der Waals surface area contributed by atoms with Gasteiger partial charge in [-0.15, -0.1) is 0 Å². The number of anilines is 2. The van der Waals surface area contributed by atoms with Crippen molar-refractivity contribution in [1.29, 1.82) is 0 Å². The van der Waals surface area contributed by atoms with Crippen LogP contribution < -0.4 is 20.9 Å². The molecule has 18 heteroatoms. The molecule has 2 fully saturated rings. The summed E-state index contributed by atoms with van der Waals surface area (Å²) in [6, 6.07) is 9.67. The summed E-state index contributed by atoms with van der Waals surface area (Å²) in [5, 5.41) is 7.25. The van der Waals surface area contributed by atoms with E-state index in [9.17, 15) is 32.3 Å². The number of methoxy groups -OCH3 is 1. The number of likely N-dealkylation sites (tertiary alicyclic amines) is 1. The van der Waals surface area contributed by atoms with Gasteiger partial charge in [-0.05, 0) is 60.2 Å². The first-order chi connectivity index (χ1) is 26.7. The highest BCUT2D eigenvalue weighted by atomic mass is 19.4. The Morgan fingerprint density at radius 2 is 1.68 bits per heavy atom. The van der Waals surface area contributed by atoms with Crippen molar-refractivity contribution in [3.05, 3.63) is 83.7 Å². The average Bonchev–Trinajstić information content (AvgIpc) is 3.84. The summed E-state index contributed by atoms with van der Waals surface area (Å²) in [7, 11) is 2.76. The van der Waals surface area contributed by atoms with Crippen LogP contribution in [-0.2, 0) is 15.7 Å². The number of imidazole rings is 1. The summed E-state index contributed by atoms with van der Waals surface area (Å²) in [5.74, 6) is -0.991. The van der Waals surface area contributed by atoms with Gasteiger partial charge in [0.15, 0.2) is 0 Å². The lowest BCUT2D eigenvalue weighted by Crippen LogP contribution is -2.56. The Labute approximate surface area is 319 Å². The van der Waals surface area contributed by atoms with Gasteiger partial charge in [0.05, 0.1) is 41.9 Å². The number of amides is 5. The normalized spacial score (nSPS) is 18.4. The molecule has 0 aliphatic carbocycles. The number of piperazine rings is 1. The Balaban J connectivity index is 1.15. The fourth-order valence-corrected chi connectivity index (χ4v) is 7.04. The molecule has 4 heterocycles. The van der Waals surface area contributed by atoms with Gasteiger partial charge < -0.3 is 40.4 Å². The highest BCUT2D eigenvalue weighted by Crippen LogP contribution is 2.41. The van der Waals surface area contributed by atoms with E-state index >= 15 is 4.39 Å². The van der Waals surface area contributed by atoms with Crippen molar-refractivity contribution in [2.45, 2.75) is 38.5 Å². The summed E-state index contributed by atoms with van der Waals surface area (Å²) in [5.41, 5.74) is -0.984. The zero-order chi connectivity index (χ0) is 40.3. The molecule has 4 N–H and O–H groups in total. The maximum Gasteiger partial charge on any atom is 0.417 e. The van der Waals surface area contributed by atoms with Crippen LogP contribution in [0.2, 0.25) is 0 Å². The van der Waals surface area contributed by atoms with Crippen molar-refractivity contribution in [1.82, 2.24) is 35.4 Å². The van der Waals surface area contributed by atoms with Crippen LogP contribution in [0.15, 0.2) is 60.9 Å². The lowest BCUT2D eigenvalue weighted by molar-refractivity contribution is -0.137. The maximum absolute atomic E-state index is 15.4. The molecular formula is C38H41F4N9O5. The number of rotatable bonds is 8. The molecule has 0 bridgehead atoms. The quantitative estimate of drug-likeness (QED) is 0.166. The van der Waals surface area contributed by atoms with Crippen molar-refractivity contribution in [3.63, 3.8) is 0 Å². The fraction of sp³-hybridized carbons (Fsp3) is 0.368. The molecule has 0 spiro atoms. The number of aromatic amines is 1. The van der Waals surface area contributed by atoms with E-state index in [2.05, 4.69) is 35.6 Å². The van der Waals surface area contributed by atoms with Gasteiger partial charge in [0, 0.05) is 45.5 Å². The van der Waals surface area contributed by atoms with Crippen LogP contribution in [0.4, 0.5) is 38.7 Å². The number of H-pyrrole nitrogens is 1. The molecular weight excluding hydrogens is 738 g/mol. The van der Waals surface area contributed by atoms with E-state index in [-0.39, 0.29) is 47.6 Å². The molecule has 0 saturated carbocycles. The predicted molar refractivity (Wildman–Crippen MR) is 198 cm³/mol. The summed E-state index contributed by atoms with van der Waals surface area (Å²) in [6.45, 7) is 5.57. The van der Waals surface area contributed by atoms with E-state index in [4.69, 9.17) is 0 Å². The van der Waals surface area contributed by atoms with Crippen molar-refractivity contribution in [2.75, 3.05) is 57.1 Å². The molecule has 4 aromatic rings. The minimum atomic E-state index is -4.89. The van der Waals surface area contributed by atoms with Crippen LogP contribution in [0.25, 0.3) is 22.4 Å². The number of hydrogen-bond donors (Lipinski definition) is 4. The highest BCUT2D eigenvalue weighted by Gasteiger charge is 2.37. The number of nitrogens with one attached hydrogen (secondary N) is 4. The fourth-order valence-electron chi connectivity index (χ4n) is 7.04. The van der Waals surface area contributed by atoms with Gasteiger partial charge in [-0.25, -0.2) is 23.9 Å². The Kier molecular flexibility index (Phi) is 11.5. The second kappa shape index (κ2) is 16.3. The SMILES string of the molecule is CNC(=O)N1CCN(c2ccc(C(=O)Nc3cc(C(F)(F)F)c(-c4ccc(-c5cnc(C6CC(C)CN6C(=O)CNC(=O)OC)[nH]5)cc4)cc3F)cn2)CC1C. The first kappa shape index (κ1) is 39.5. The van der Waals surface area contributed by atoms with E-state index in [0.29, 0.717) is 61.6 Å². The van der Waals surface area contributed by atoms with E-state index in [1.807, 2.05) is 18.7 Å². The number of pyridine rings is 1.